The van der Waals surface area contributed by atoms with Crippen LogP contribution in [-0.2, 0) is 23.0 Å². The highest BCUT2D eigenvalue weighted by Gasteiger charge is 2.26. The molecule has 1 aromatic heterocycles. The van der Waals surface area contributed by atoms with E-state index in [1.54, 1.807) is 6.33 Å². The van der Waals surface area contributed by atoms with Gasteiger partial charge >= 0.3 is 0 Å². The van der Waals surface area contributed by atoms with E-state index < -0.39 is 10.0 Å². The van der Waals surface area contributed by atoms with Crippen molar-refractivity contribution in [3.05, 3.63) is 17.7 Å². The standard InChI is InChI=1S/C9H15N3O2S/c1-2-5-15(13,14)12-4-3-8-9(6-12)11-7-10-8/h7H,2-6H2,1H3,(H,10,11). The van der Waals surface area contributed by atoms with E-state index >= 15 is 0 Å². The third kappa shape index (κ3) is 2.05. The SMILES string of the molecule is CCCS(=O)(=O)N1CCc2nc[nH]c2C1. The molecule has 1 aliphatic rings. The molecule has 15 heavy (non-hydrogen) atoms. The fourth-order valence-electron chi connectivity index (χ4n) is 1.81. The van der Waals surface area contributed by atoms with Crippen LogP contribution in [-0.4, -0.2) is 35.0 Å². The summed E-state index contributed by atoms with van der Waals surface area (Å²) < 4.78 is 25.2. The Morgan fingerprint density at radius 1 is 1.60 bits per heavy atom. The molecule has 0 atom stereocenters. The minimum absolute atomic E-state index is 0.233. The second-order valence-electron chi connectivity index (χ2n) is 3.73. The Bertz CT molecular complexity index is 438. The molecule has 5 nitrogen and oxygen atoms in total. The van der Waals surface area contributed by atoms with Gasteiger partial charge < -0.3 is 4.98 Å². The van der Waals surface area contributed by atoms with Crippen LogP contribution in [0.25, 0.3) is 0 Å². The first-order valence-electron chi connectivity index (χ1n) is 5.12. The van der Waals surface area contributed by atoms with E-state index in [1.807, 2.05) is 6.92 Å². The van der Waals surface area contributed by atoms with Gasteiger partial charge in [-0.2, -0.15) is 4.31 Å². The van der Waals surface area contributed by atoms with E-state index in [0.29, 0.717) is 25.9 Å². The van der Waals surface area contributed by atoms with Crippen LogP contribution in [0.5, 0.6) is 0 Å². The molecule has 0 amide bonds. The largest absolute Gasteiger partial charge is 0.347 e. The second-order valence-corrected chi connectivity index (χ2v) is 5.82. The molecule has 0 bridgehead atoms. The predicted octanol–water partition coefficient (Wildman–Crippen LogP) is 0.508. The summed E-state index contributed by atoms with van der Waals surface area (Å²) in [5, 5.41) is 0. The number of fused-ring (bicyclic) bond motifs is 1. The molecule has 2 heterocycles. The quantitative estimate of drug-likeness (QED) is 0.821. The highest BCUT2D eigenvalue weighted by molar-refractivity contribution is 7.89. The average Bonchev–Trinajstić information content (AvgIpc) is 2.63. The van der Waals surface area contributed by atoms with Gasteiger partial charge in [0, 0.05) is 13.0 Å². The molecule has 2 rings (SSSR count). The van der Waals surface area contributed by atoms with Crippen molar-refractivity contribution in [2.24, 2.45) is 0 Å². The normalized spacial score (nSPS) is 17.7. The van der Waals surface area contributed by atoms with Gasteiger partial charge in [-0.15, -0.1) is 0 Å². The topological polar surface area (TPSA) is 66.1 Å². The van der Waals surface area contributed by atoms with E-state index in [1.165, 1.54) is 4.31 Å². The summed E-state index contributed by atoms with van der Waals surface area (Å²) in [5.41, 5.74) is 1.93. The lowest BCUT2D eigenvalue weighted by Crippen LogP contribution is -2.37. The number of nitrogens with zero attached hydrogens (tertiary/aromatic N) is 2. The number of H-pyrrole nitrogens is 1. The molecular weight excluding hydrogens is 214 g/mol. The molecule has 0 aliphatic carbocycles. The van der Waals surface area contributed by atoms with Gasteiger partial charge in [-0.25, -0.2) is 13.4 Å². The first kappa shape index (κ1) is 10.6. The zero-order valence-corrected chi connectivity index (χ0v) is 9.55. The summed E-state index contributed by atoms with van der Waals surface area (Å²) in [6.45, 7) is 2.88. The molecule has 6 heteroatoms. The van der Waals surface area contributed by atoms with Crippen molar-refractivity contribution >= 4 is 10.0 Å². The molecule has 0 aromatic carbocycles. The Balaban J connectivity index is 2.16. The van der Waals surface area contributed by atoms with Gasteiger partial charge in [0.15, 0.2) is 0 Å². The van der Waals surface area contributed by atoms with Crippen molar-refractivity contribution in [2.75, 3.05) is 12.3 Å². The molecule has 1 aliphatic heterocycles. The Morgan fingerprint density at radius 3 is 3.13 bits per heavy atom. The summed E-state index contributed by atoms with van der Waals surface area (Å²) in [6.07, 6.45) is 3.00. The van der Waals surface area contributed by atoms with Crippen LogP contribution in [0.15, 0.2) is 6.33 Å². The Kier molecular flexibility index (Phi) is 2.79. The lowest BCUT2D eigenvalue weighted by Gasteiger charge is -2.25. The maximum atomic E-state index is 11.8. The number of aromatic nitrogens is 2. The van der Waals surface area contributed by atoms with Crippen LogP contribution in [0.3, 0.4) is 0 Å². The highest BCUT2D eigenvalue weighted by Crippen LogP contribution is 2.18. The second kappa shape index (κ2) is 3.94. The number of rotatable bonds is 3. The lowest BCUT2D eigenvalue weighted by atomic mass is 10.2. The number of imidazole rings is 1. The number of aromatic amines is 1. The number of nitrogens with one attached hydrogen (secondary N) is 1. The molecule has 1 N–H and O–H groups in total. The first-order valence-corrected chi connectivity index (χ1v) is 6.73. The zero-order valence-electron chi connectivity index (χ0n) is 8.73. The van der Waals surface area contributed by atoms with E-state index in [-0.39, 0.29) is 5.75 Å². The molecule has 0 saturated heterocycles. The molecule has 0 unspecified atom stereocenters. The summed E-state index contributed by atoms with van der Waals surface area (Å²) >= 11 is 0. The monoisotopic (exact) mass is 229 g/mol. The highest BCUT2D eigenvalue weighted by atomic mass is 32.2. The minimum Gasteiger partial charge on any atom is -0.347 e. The van der Waals surface area contributed by atoms with Gasteiger partial charge in [0.2, 0.25) is 10.0 Å². The summed E-state index contributed by atoms with van der Waals surface area (Å²) in [4.78, 5) is 7.13. The van der Waals surface area contributed by atoms with E-state index in [4.69, 9.17) is 0 Å². The van der Waals surface area contributed by atoms with Crippen molar-refractivity contribution in [3.8, 4) is 0 Å². The summed E-state index contributed by atoms with van der Waals surface area (Å²) in [5.74, 6) is 0.233. The van der Waals surface area contributed by atoms with Crippen LogP contribution in [0.1, 0.15) is 24.7 Å². The summed E-state index contributed by atoms with van der Waals surface area (Å²) in [6, 6.07) is 0. The molecular formula is C9H15N3O2S. The number of hydrogen-bond acceptors (Lipinski definition) is 3. The van der Waals surface area contributed by atoms with E-state index in [2.05, 4.69) is 9.97 Å². The van der Waals surface area contributed by atoms with Crippen molar-refractivity contribution in [3.63, 3.8) is 0 Å². The van der Waals surface area contributed by atoms with E-state index in [9.17, 15) is 8.42 Å². The van der Waals surface area contributed by atoms with Crippen LogP contribution >= 0.6 is 0 Å². The molecule has 1 aromatic rings. The first-order chi connectivity index (χ1) is 7.13. The zero-order chi connectivity index (χ0) is 10.9. The maximum absolute atomic E-state index is 11.8. The van der Waals surface area contributed by atoms with Crippen molar-refractivity contribution < 1.29 is 8.42 Å². The Labute approximate surface area is 89.6 Å². The number of sulfonamides is 1. The third-order valence-electron chi connectivity index (χ3n) is 2.60. The van der Waals surface area contributed by atoms with Gasteiger partial charge in [-0.3, -0.25) is 0 Å². The van der Waals surface area contributed by atoms with Crippen LogP contribution in [0.2, 0.25) is 0 Å². The Hall–Kier alpha value is -0.880. The molecule has 0 fully saturated rings. The molecule has 0 spiro atoms. The van der Waals surface area contributed by atoms with Crippen molar-refractivity contribution in [1.82, 2.24) is 14.3 Å². The fourth-order valence-corrected chi connectivity index (χ4v) is 3.28. The van der Waals surface area contributed by atoms with Crippen molar-refractivity contribution in [2.45, 2.75) is 26.3 Å². The fraction of sp³-hybridized carbons (Fsp3) is 0.667. The lowest BCUT2D eigenvalue weighted by molar-refractivity contribution is 0.385. The molecule has 0 radical (unpaired) electrons. The molecule has 0 saturated carbocycles. The molecule has 84 valence electrons. The van der Waals surface area contributed by atoms with Crippen molar-refractivity contribution in [1.29, 1.82) is 0 Å². The van der Waals surface area contributed by atoms with Gasteiger partial charge in [-0.1, -0.05) is 6.92 Å². The summed E-state index contributed by atoms with van der Waals surface area (Å²) in [7, 11) is -3.07. The average molecular weight is 229 g/mol. The van der Waals surface area contributed by atoms with Gasteiger partial charge in [-0.05, 0) is 6.42 Å². The van der Waals surface area contributed by atoms with Gasteiger partial charge in [0.25, 0.3) is 0 Å². The van der Waals surface area contributed by atoms with Gasteiger partial charge in [0.05, 0.1) is 30.0 Å². The third-order valence-corrected chi connectivity index (χ3v) is 4.62. The van der Waals surface area contributed by atoms with Gasteiger partial charge in [0.1, 0.15) is 0 Å². The van der Waals surface area contributed by atoms with E-state index in [0.717, 1.165) is 11.4 Å². The number of hydrogen-bond donors (Lipinski definition) is 1. The van der Waals surface area contributed by atoms with Crippen LogP contribution < -0.4 is 0 Å². The minimum atomic E-state index is -3.07. The smallest absolute Gasteiger partial charge is 0.214 e. The van der Waals surface area contributed by atoms with Crippen LogP contribution in [0.4, 0.5) is 0 Å². The predicted molar refractivity (Wildman–Crippen MR) is 56.8 cm³/mol. The van der Waals surface area contributed by atoms with Crippen LogP contribution in [0, 0.1) is 0 Å². The maximum Gasteiger partial charge on any atom is 0.214 e. The Morgan fingerprint density at radius 2 is 2.40 bits per heavy atom.